The first-order valence-corrected chi connectivity index (χ1v) is 4.66. The molecule has 3 N–H and O–H groups in total. The maximum Gasteiger partial charge on any atom is 0.335 e. The van der Waals surface area contributed by atoms with Gasteiger partial charge in [0, 0.05) is 0 Å². The highest BCUT2D eigenvalue weighted by Crippen LogP contribution is 2.18. The van der Waals surface area contributed by atoms with Crippen molar-refractivity contribution >= 4 is 5.97 Å². The monoisotopic (exact) mass is 216 g/mol. The van der Waals surface area contributed by atoms with Gasteiger partial charge in [0.15, 0.2) is 0 Å². The zero-order valence-electron chi connectivity index (χ0n) is 8.55. The highest BCUT2D eigenvalue weighted by atomic mass is 16.4. The number of carboxylic acid groups (broad SMARTS) is 1. The van der Waals surface area contributed by atoms with E-state index in [2.05, 4.69) is 0 Å². The SMILES string of the molecule is O.O=C(O)c1ccc(-c2ccccc2)cc1. The molecule has 0 amide bonds. The fraction of sp³-hybridized carbons (Fsp3) is 0. The Morgan fingerprint density at radius 3 is 1.81 bits per heavy atom. The van der Waals surface area contributed by atoms with Gasteiger partial charge in [0.05, 0.1) is 5.56 Å². The average Bonchev–Trinajstić information content (AvgIpc) is 2.30. The van der Waals surface area contributed by atoms with Crippen LogP contribution in [0, 0.1) is 0 Å². The Balaban J connectivity index is 0.00000128. The van der Waals surface area contributed by atoms with Gasteiger partial charge in [-0.2, -0.15) is 0 Å². The van der Waals surface area contributed by atoms with Gasteiger partial charge in [-0.1, -0.05) is 42.5 Å². The molecule has 3 nitrogen and oxygen atoms in total. The lowest BCUT2D eigenvalue weighted by molar-refractivity contribution is 0.0697. The Labute approximate surface area is 93.3 Å². The van der Waals surface area contributed by atoms with Crippen LogP contribution in [0.25, 0.3) is 11.1 Å². The van der Waals surface area contributed by atoms with Crippen LogP contribution in [0.4, 0.5) is 0 Å². The molecule has 0 saturated heterocycles. The molecule has 0 aliphatic carbocycles. The second-order valence-corrected chi connectivity index (χ2v) is 3.25. The van der Waals surface area contributed by atoms with E-state index in [1.807, 2.05) is 42.5 Å². The van der Waals surface area contributed by atoms with E-state index in [0.717, 1.165) is 11.1 Å². The fourth-order valence-electron chi connectivity index (χ4n) is 1.44. The molecule has 0 aliphatic heterocycles. The molecular weight excluding hydrogens is 204 g/mol. The van der Waals surface area contributed by atoms with Gasteiger partial charge in [-0.15, -0.1) is 0 Å². The molecular formula is C13H12O3. The van der Waals surface area contributed by atoms with Crippen molar-refractivity contribution in [1.29, 1.82) is 0 Å². The molecule has 2 rings (SSSR count). The predicted octanol–water partition coefficient (Wildman–Crippen LogP) is 2.23. The Morgan fingerprint density at radius 1 is 0.812 bits per heavy atom. The van der Waals surface area contributed by atoms with Crippen molar-refractivity contribution in [3.63, 3.8) is 0 Å². The zero-order chi connectivity index (χ0) is 10.7. The average molecular weight is 216 g/mol. The van der Waals surface area contributed by atoms with Crippen LogP contribution in [-0.2, 0) is 0 Å². The minimum atomic E-state index is -0.894. The number of aromatic carboxylic acids is 1. The Kier molecular flexibility index (Phi) is 3.80. The molecule has 2 aromatic carbocycles. The van der Waals surface area contributed by atoms with E-state index >= 15 is 0 Å². The van der Waals surface area contributed by atoms with Crippen molar-refractivity contribution in [3.05, 3.63) is 60.2 Å². The first kappa shape index (κ1) is 11.9. The Hall–Kier alpha value is -2.13. The zero-order valence-corrected chi connectivity index (χ0v) is 8.55. The first-order valence-electron chi connectivity index (χ1n) is 4.66. The molecule has 0 saturated carbocycles. The highest BCUT2D eigenvalue weighted by molar-refractivity contribution is 5.88. The lowest BCUT2D eigenvalue weighted by Gasteiger charge is -2.01. The normalized spacial score (nSPS) is 9.25. The second-order valence-electron chi connectivity index (χ2n) is 3.25. The number of benzene rings is 2. The van der Waals surface area contributed by atoms with Crippen LogP contribution in [0.2, 0.25) is 0 Å². The van der Waals surface area contributed by atoms with Gasteiger partial charge in [0.1, 0.15) is 0 Å². The van der Waals surface area contributed by atoms with Crippen molar-refractivity contribution in [2.75, 3.05) is 0 Å². The second kappa shape index (κ2) is 5.09. The third-order valence-electron chi connectivity index (χ3n) is 2.24. The summed E-state index contributed by atoms with van der Waals surface area (Å²) in [6.45, 7) is 0. The van der Waals surface area contributed by atoms with E-state index < -0.39 is 5.97 Å². The standard InChI is InChI=1S/C13H10O2.H2O/c14-13(15)12-8-6-11(7-9-12)10-4-2-1-3-5-10;/h1-9H,(H,14,15);1H2. The molecule has 2 aromatic rings. The molecule has 0 aromatic heterocycles. The maximum absolute atomic E-state index is 10.6. The van der Waals surface area contributed by atoms with Crippen LogP contribution in [0.15, 0.2) is 54.6 Å². The van der Waals surface area contributed by atoms with Gasteiger partial charge in [0.25, 0.3) is 0 Å². The van der Waals surface area contributed by atoms with Crippen LogP contribution in [0.3, 0.4) is 0 Å². The molecule has 3 heteroatoms. The lowest BCUT2D eigenvalue weighted by Crippen LogP contribution is -1.94. The van der Waals surface area contributed by atoms with Crippen molar-refractivity contribution in [2.45, 2.75) is 0 Å². The summed E-state index contributed by atoms with van der Waals surface area (Å²) >= 11 is 0. The first-order chi connectivity index (χ1) is 7.27. The van der Waals surface area contributed by atoms with Crippen LogP contribution >= 0.6 is 0 Å². The molecule has 0 fully saturated rings. The topological polar surface area (TPSA) is 68.8 Å². The van der Waals surface area contributed by atoms with Crippen molar-refractivity contribution in [3.8, 4) is 11.1 Å². The van der Waals surface area contributed by atoms with Gasteiger partial charge in [-0.25, -0.2) is 4.79 Å². The van der Waals surface area contributed by atoms with E-state index in [-0.39, 0.29) is 5.48 Å². The summed E-state index contributed by atoms with van der Waals surface area (Å²) in [5.74, 6) is -0.894. The van der Waals surface area contributed by atoms with Crippen molar-refractivity contribution in [2.24, 2.45) is 0 Å². The maximum atomic E-state index is 10.6. The van der Waals surface area contributed by atoms with Crippen molar-refractivity contribution in [1.82, 2.24) is 0 Å². The molecule has 0 aliphatic rings. The fourth-order valence-corrected chi connectivity index (χ4v) is 1.44. The summed E-state index contributed by atoms with van der Waals surface area (Å²) in [7, 11) is 0. The number of hydrogen-bond donors (Lipinski definition) is 1. The Morgan fingerprint density at radius 2 is 1.31 bits per heavy atom. The van der Waals surface area contributed by atoms with Crippen LogP contribution in [0.5, 0.6) is 0 Å². The summed E-state index contributed by atoms with van der Waals surface area (Å²) in [5.41, 5.74) is 2.43. The van der Waals surface area contributed by atoms with Gasteiger partial charge in [0.2, 0.25) is 0 Å². The van der Waals surface area contributed by atoms with Crippen LogP contribution < -0.4 is 0 Å². The molecule has 0 spiro atoms. The number of rotatable bonds is 2. The van der Waals surface area contributed by atoms with E-state index in [4.69, 9.17) is 5.11 Å². The predicted molar refractivity (Wildman–Crippen MR) is 62.5 cm³/mol. The lowest BCUT2D eigenvalue weighted by atomic mass is 10.0. The highest BCUT2D eigenvalue weighted by Gasteiger charge is 2.02. The van der Waals surface area contributed by atoms with Gasteiger partial charge >= 0.3 is 5.97 Å². The van der Waals surface area contributed by atoms with Crippen molar-refractivity contribution < 1.29 is 15.4 Å². The van der Waals surface area contributed by atoms with Gasteiger partial charge < -0.3 is 10.6 Å². The third kappa shape index (κ3) is 2.46. The molecule has 82 valence electrons. The van der Waals surface area contributed by atoms with Gasteiger partial charge in [-0.05, 0) is 23.3 Å². The number of carboxylic acids is 1. The van der Waals surface area contributed by atoms with E-state index in [1.54, 1.807) is 12.1 Å². The summed E-state index contributed by atoms with van der Waals surface area (Å²) in [6, 6.07) is 16.7. The summed E-state index contributed by atoms with van der Waals surface area (Å²) in [4.78, 5) is 10.6. The van der Waals surface area contributed by atoms with Gasteiger partial charge in [-0.3, -0.25) is 0 Å². The van der Waals surface area contributed by atoms with E-state index in [0.29, 0.717) is 5.56 Å². The summed E-state index contributed by atoms with van der Waals surface area (Å²) in [5, 5.41) is 8.75. The largest absolute Gasteiger partial charge is 0.478 e. The minimum Gasteiger partial charge on any atom is -0.478 e. The molecule has 16 heavy (non-hydrogen) atoms. The molecule has 0 bridgehead atoms. The van der Waals surface area contributed by atoms with Crippen LogP contribution in [-0.4, -0.2) is 16.6 Å². The number of hydrogen-bond acceptors (Lipinski definition) is 1. The quantitative estimate of drug-likeness (QED) is 0.836. The number of carbonyl (C=O) groups is 1. The summed E-state index contributed by atoms with van der Waals surface area (Å²) < 4.78 is 0. The molecule has 0 atom stereocenters. The minimum absolute atomic E-state index is 0. The third-order valence-corrected chi connectivity index (χ3v) is 2.24. The summed E-state index contributed by atoms with van der Waals surface area (Å²) in [6.07, 6.45) is 0. The van der Waals surface area contributed by atoms with Crippen LogP contribution in [0.1, 0.15) is 10.4 Å². The molecule has 0 heterocycles. The van der Waals surface area contributed by atoms with E-state index in [9.17, 15) is 4.79 Å². The van der Waals surface area contributed by atoms with E-state index in [1.165, 1.54) is 0 Å². The smallest absolute Gasteiger partial charge is 0.335 e. The molecule has 0 unspecified atom stereocenters. The molecule has 0 radical (unpaired) electrons. The Bertz CT molecular complexity index is 460.